The van der Waals surface area contributed by atoms with Gasteiger partial charge >= 0.3 is 5.97 Å². The number of nitrogens with zero attached hydrogens (tertiary/aromatic N) is 1. The monoisotopic (exact) mass is 470 g/mol. The highest BCUT2D eigenvalue weighted by Gasteiger charge is 2.22. The van der Waals surface area contributed by atoms with E-state index in [9.17, 15) is 4.79 Å². The molecule has 0 bridgehead atoms. The lowest BCUT2D eigenvalue weighted by atomic mass is 9.90. The largest absolute Gasteiger partial charge is 0.460 e. The molecule has 1 aliphatic carbocycles. The first-order chi connectivity index (χ1) is 17.2. The minimum Gasteiger partial charge on any atom is -0.460 e. The lowest BCUT2D eigenvalue weighted by Gasteiger charge is -2.18. The highest BCUT2D eigenvalue weighted by atomic mass is 16.6. The minimum atomic E-state index is -0.397. The summed E-state index contributed by atoms with van der Waals surface area (Å²) in [6.07, 6.45) is 1.66. The van der Waals surface area contributed by atoms with Crippen LogP contribution >= 0.6 is 0 Å². The topological polar surface area (TPSA) is 73.1 Å². The first-order valence-corrected chi connectivity index (χ1v) is 11.9. The van der Waals surface area contributed by atoms with Crippen LogP contribution < -0.4 is 10.7 Å². The van der Waals surface area contributed by atoms with Crippen molar-refractivity contribution < 1.29 is 18.7 Å². The third kappa shape index (κ3) is 5.44. The SMILES string of the molecule is C=CCOCCOC(=O)c1ccccc1-c1c2ccc(=NCC)cc-2oc2cc(NCC)ccc12. The first kappa shape index (κ1) is 24.2. The summed E-state index contributed by atoms with van der Waals surface area (Å²) in [5, 5.41) is 5.10. The lowest BCUT2D eigenvalue weighted by Crippen LogP contribution is -2.12. The van der Waals surface area contributed by atoms with Crippen molar-refractivity contribution in [1.29, 1.82) is 0 Å². The van der Waals surface area contributed by atoms with Gasteiger partial charge in [-0.25, -0.2) is 4.79 Å². The van der Waals surface area contributed by atoms with Crippen LogP contribution in [0.5, 0.6) is 0 Å². The molecule has 2 aliphatic rings. The molecule has 1 aliphatic heterocycles. The first-order valence-electron chi connectivity index (χ1n) is 11.9. The summed E-state index contributed by atoms with van der Waals surface area (Å²) in [4.78, 5) is 17.6. The molecule has 4 rings (SSSR count). The van der Waals surface area contributed by atoms with Crippen molar-refractivity contribution in [1.82, 2.24) is 0 Å². The summed E-state index contributed by atoms with van der Waals surface area (Å²) in [6, 6.07) is 19.5. The summed E-state index contributed by atoms with van der Waals surface area (Å²) in [5.41, 5.74) is 4.78. The smallest absolute Gasteiger partial charge is 0.338 e. The molecular weight excluding hydrogens is 440 g/mol. The maximum Gasteiger partial charge on any atom is 0.338 e. The number of benzene rings is 3. The fraction of sp³-hybridized carbons (Fsp3) is 0.241. The van der Waals surface area contributed by atoms with Gasteiger partial charge in [0, 0.05) is 47.4 Å². The second-order valence-corrected chi connectivity index (χ2v) is 7.92. The van der Waals surface area contributed by atoms with Crippen LogP contribution in [0.4, 0.5) is 5.69 Å². The van der Waals surface area contributed by atoms with Gasteiger partial charge in [-0.2, -0.15) is 0 Å². The fourth-order valence-corrected chi connectivity index (χ4v) is 4.08. The zero-order valence-electron chi connectivity index (χ0n) is 20.2. The molecule has 6 nitrogen and oxygen atoms in total. The molecule has 0 radical (unpaired) electrons. The van der Waals surface area contributed by atoms with E-state index in [-0.39, 0.29) is 6.61 Å². The van der Waals surface area contributed by atoms with Crippen molar-refractivity contribution in [2.75, 3.05) is 38.2 Å². The Kier molecular flexibility index (Phi) is 7.95. The van der Waals surface area contributed by atoms with Crippen LogP contribution in [0.25, 0.3) is 33.4 Å². The summed E-state index contributed by atoms with van der Waals surface area (Å²) in [6.45, 7) is 10.1. The van der Waals surface area contributed by atoms with Crippen LogP contribution in [0, 0.1) is 0 Å². The van der Waals surface area contributed by atoms with Crippen molar-refractivity contribution in [3.8, 4) is 22.5 Å². The molecule has 6 heteroatoms. The van der Waals surface area contributed by atoms with Crippen LogP contribution in [-0.2, 0) is 9.47 Å². The van der Waals surface area contributed by atoms with E-state index in [2.05, 4.69) is 23.8 Å². The zero-order valence-corrected chi connectivity index (χ0v) is 20.2. The van der Waals surface area contributed by atoms with Gasteiger partial charge in [0.2, 0.25) is 0 Å². The van der Waals surface area contributed by atoms with Gasteiger partial charge in [0.1, 0.15) is 18.0 Å². The normalized spacial score (nSPS) is 11.7. The second-order valence-electron chi connectivity index (χ2n) is 7.92. The number of ether oxygens (including phenoxy) is 2. The number of hydrogen-bond donors (Lipinski definition) is 1. The van der Waals surface area contributed by atoms with E-state index in [1.165, 1.54) is 0 Å². The molecule has 2 aromatic carbocycles. The molecule has 0 saturated heterocycles. The number of fused-ring (bicyclic) bond motifs is 2. The van der Waals surface area contributed by atoms with E-state index in [1.54, 1.807) is 12.1 Å². The Balaban J connectivity index is 1.87. The number of esters is 1. The zero-order chi connectivity index (χ0) is 24.6. The molecule has 1 heterocycles. The molecule has 0 aromatic heterocycles. The Morgan fingerprint density at radius 1 is 1.06 bits per heavy atom. The standard InChI is InChI=1S/C29H30N2O4/c1-4-15-33-16-17-34-29(32)23-10-8-7-9-22(23)28-24-13-11-20(30-5-2)18-26(24)35-27-19-21(31-6-3)12-14-25(27)28/h4,7-14,18-19,30H,1,5-6,15-17H2,2-3H3. The van der Waals surface area contributed by atoms with Gasteiger partial charge in [0.05, 0.1) is 24.1 Å². The molecule has 1 N–H and O–H groups in total. The molecule has 35 heavy (non-hydrogen) atoms. The van der Waals surface area contributed by atoms with Crippen molar-refractivity contribution in [3.05, 3.63) is 84.2 Å². The molecule has 2 aromatic rings. The summed E-state index contributed by atoms with van der Waals surface area (Å²) in [5.74, 6) is 0.309. The van der Waals surface area contributed by atoms with Crippen molar-refractivity contribution in [2.24, 2.45) is 4.99 Å². The van der Waals surface area contributed by atoms with Crippen LogP contribution in [0.3, 0.4) is 0 Å². The predicted molar refractivity (Wildman–Crippen MR) is 140 cm³/mol. The van der Waals surface area contributed by atoms with E-state index in [0.717, 1.165) is 45.2 Å². The Morgan fingerprint density at radius 2 is 1.91 bits per heavy atom. The molecule has 0 amide bonds. The molecular formula is C29H30N2O4. The number of rotatable bonds is 10. The Morgan fingerprint density at radius 3 is 2.71 bits per heavy atom. The van der Waals surface area contributed by atoms with Gasteiger partial charge in [-0.3, -0.25) is 4.99 Å². The highest BCUT2D eigenvalue weighted by molar-refractivity contribution is 6.08. The minimum absolute atomic E-state index is 0.167. The van der Waals surface area contributed by atoms with Crippen molar-refractivity contribution >= 4 is 22.6 Å². The van der Waals surface area contributed by atoms with Gasteiger partial charge in [0.25, 0.3) is 0 Å². The quantitative estimate of drug-likeness (QED) is 0.135. The number of carbonyl (C=O) groups is 1. The van der Waals surface area contributed by atoms with Crippen LogP contribution in [0.15, 0.2) is 82.7 Å². The Labute approximate surface area is 205 Å². The molecule has 0 unspecified atom stereocenters. The number of hydrogen-bond acceptors (Lipinski definition) is 6. The Hall–Kier alpha value is -3.90. The van der Waals surface area contributed by atoms with Crippen LogP contribution in [0.1, 0.15) is 24.2 Å². The van der Waals surface area contributed by atoms with Gasteiger partial charge in [0.15, 0.2) is 0 Å². The highest BCUT2D eigenvalue weighted by Crippen LogP contribution is 2.41. The predicted octanol–water partition coefficient (Wildman–Crippen LogP) is 5.92. The molecule has 0 spiro atoms. The van der Waals surface area contributed by atoms with Crippen molar-refractivity contribution in [2.45, 2.75) is 13.8 Å². The number of nitrogens with one attached hydrogen (secondary N) is 1. The maximum atomic E-state index is 13.1. The van der Waals surface area contributed by atoms with Gasteiger partial charge < -0.3 is 19.2 Å². The van der Waals surface area contributed by atoms with Crippen LogP contribution in [-0.4, -0.2) is 38.9 Å². The van der Waals surface area contributed by atoms with E-state index in [4.69, 9.17) is 13.9 Å². The van der Waals surface area contributed by atoms with Gasteiger partial charge in [-0.15, -0.1) is 6.58 Å². The maximum absolute atomic E-state index is 13.1. The average Bonchev–Trinajstić information content (AvgIpc) is 2.87. The van der Waals surface area contributed by atoms with Crippen molar-refractivity contribution in [3.63, 3.8) is 0 Å². The van der Waals surface area contributed by atoms with E-state index in [0.29, 0.717) is 31.1 Å². The van der Waals surface area contributed by atoms with Gasteiger partial charge in [-0.1, -0.05) is 24.3 Å². The summed E-state index contributed by atoms with van der Waals surface area (Å²) in [7, 11) is 0. The fourth-order valence-electron chi connectivity index (χ4n) is 4.08. The number of anilines is 1. The molecule has 180 valence electrons. The molecule has 0 atom stereocenters. The molecule has 0 fully saturated rings. The Bertz CT molecular complexity index is 1370. The number of carbonyl (C=O) groups excluding carboxylic acids is 1. The molecule has 0 saturated carbocycles. The third-order valence-corrected chi connectivity index (χ3v) is 5.54. The second kappa shape index (κ2) is 11.5. The van der Waals surface area contributed by atoms with E-state index < -0.39 is 5.97 Å². The average molecular weight is 471 g/mol. The lowest BCUT2D eigenvalue weighted by molar-refractivity contribution is 0.0354. The third-order valence-electron chi connectivity index (χ3n) is 5.54. The van der Waals surface area contributed by atoms with E-state index >= 15 is 0 Å². The van der Waals surface area contributed by atoms with E-state index in [1.807, 2.05) is 61.5 Å². The summed E-state index contributed by atoms with van der Waals surface area (Å²) >= 11 is 0. The van der Waals surface area contributed by atoms with Gasteiger partial charge in [-0.05, 0) is 49.7 Å². The van der Waals surface area contributed by atoms with Crippen LogP contribution in [0.2, 0.25) is 0 Å². The summed E-state index contributed by atoms with van der Waals surface area (Å²) < 4.78 is 17.2.